The molecule has 0 aliphatic rings. The van der Waals surface area contributed by atoms with Crippen molar-refractivity contribution in [3.05, 3.63) is 23.8 Å². The molecule has 0 aliphatic heterocycles. The van der Waals surface area contributed by atoms with Gasteiger partial charge in [-0.15, -0.1) is 0 Å². The van der Waals surface area contributed by atoms with Crippen LogP contribution in [0.3, 0.4) is 0 Å². The summed E-state index contributed by atoms with van der Waals surface area (Å²) in [5, 5.41) is 5.81. The monoisotopic (exact) mass is 294 g/mol. The van der Waals surface area contributed by atoms with Crippen LogP contribution >= 0.6 is 12.2 Å². The summed E-state index contributed by atoms with van der Waals surface area (Å²) < 4.78 is 0. The van der Waals surface area contributed by atoms with E-state index in [9.17, 15) is 4.79 Å². The van der Waals surface area contributed by atoms with Crippen LogP contribution in [0.15, 0.2) is 18.2 Å². The lowest BCUT2D eigenvalue weighted by molar-refractivity contribution is 0.249. The van der Waals surface area contributed by atoms with E-state index >= 15 is 0 Å². The second-order valence-corrected chi connectivity index (χ2v) is 5.99. The molecule has 6 heteroatoms. The smallest absolute Gasteiger partial charge is 0.321 e. The molecule has 1 aromatic carbocycles. The van der Waals surface area contributed by atoms with E-state index in [0.29, 0.717) is 0 Å². The molecule has 0 radical (unpaired) electrons. The molecule has 0 bridgehead atoms. The minimum Gasteiger partial charge on any atom is -0.376 e. The fraction of sp³-hybridized carbons (Fsp3) is 0.429. The molecule has 1 rings (SSSR count). The van der Waals surface area contributed by atoms with Gasteiger partial charge in [-0.25, -0.2) is 4.79 Å². The summed E-state index contributed by atoms with van der Waals surface area (Å²) in [5.74, 6) is 0. The van der Waals surface area contributed by atoms with E-state index in [1.807, 2.05) is 18.2 Å². The highest BCUT2D eigenvalue weighted by molar-refractivity contribution is 7.80. The van der Waals surface area contributed by atoms with E-state index in [0.717, 1.165) is 16.9 Å². The second kappa shape index (κ2) is 6.09. The zero-order chi connectivity index (χ0) is 15.5. The number of hydrogen-bond donors (Lipinski definition) is 3. The Kier molecular flexibility index (Phi) is 4.94. The molecule has 4 N–H and O–H groups in total. The first kappa shape index (κ1) is 16.2. The van der Waals surface area contributed by atoms with E-state index in [-0.39, 0.29) is 16.6 Å². The van der Waals surface area contributed by atoms with E-state index in [1.54, 1.807) is 19.0 Å². The Labute approximate surface area is 125 Å². The number of nitrogens with one attached hydrogen (secondary N) is 2. The molecule has 110 valence electrons. The highest BCUT2D eigenvalue weighted by Crippen LogP contribution is 2.37. The normalized spacial score (nSPS) is 10.8. The van der Waals surface area contributed by atoms with Crippen molar-refractivity contribution in [2.75, 3.05) is 24.3 Å². The number of carbonyl (C=O) groups is 1. The Bertz CT molecular complexity index is 522. The maximum absolute atomic E-state index is 11.9. The van der Waals surface area contributed by atoms with E-state index in [1.165, 1.54) is 0 Å². The number of nitrogens with two attached hydrogens (primary N) is 1. The first-order valence-electron chi connectivity index (χ1n) is 6.34. The molecule has 0 heterocycles. The van der Waals surface area contributed by atoms with Gasteiger partial charge in [-0.3, -0.25) is 4.90 Å². The first-order chi connectivity index (χ1) is 9.18. The van der Waals surface area contributed by atoms with Crippen molar-refractivity contribution in [2.45, 2.75) is 26.2 Å². The average Bonchev–Trinajstić information content (AvgIpc) is 2.34. The highest BCUT2D eigenvalue weighted by Gasteiger charge is 2.25. The number of thiocarbonyl (C=S) groups is 1. The van der Waals surface area contributed by atoms with Crippen molar-refractivity contribution >= 4 is 34.7 Å². The minimum absolute atomic E-state index is 0.175. The van der Waals surface area contributed by atoms with Gasteiger partial charge in [0.1, 0.15) is 0 Å². The van der Waals surface area contributed by atoms with Crippen LogP contribution < -0.4 is 21.3 Å². The molecular weight excluding hydrogens is 272 g/mol. The number of hydrogen-bond acceptors (Lipinski definition) is 2. The fourth-order valence-electron chi connectivity index (χ4n) is 2.12. The van der Waals surface area contributed by atoms with Gasteiger partial charge >= 0.3 is 6.03 Å². The molecule has 0 saturated heterocycles. The van der Waals surface area contributed by atoms with Crippen molar-refractivity contribution in [2.24, 2.45) is 5.73 Å². The summed E-state index contributed by atoms with van der Waals surface area (Å²) in [4.78, 5) is 13.4. The van der Waals surface area contributed by atoms with Crippen molar-refractivity contribution in [1.82, 2.24) is 5.32 Å². The molecule has 0 saturated carbocycles. The van der Waals surface area contributed by atoms with Crippen LogP contribution in [0.4, 0.5) is 16.2 Å². The average molecular weight is 294 g/mol. The lowest BCUT2D eigenvalue weighted by Gasteiger charge is -2.30. The number of nitrogens with zero attached hydrogens (tertiary/aromatic N) is 1. The van der Waals surface area contributed by atoms with Crippen LogP contribution in [0.5, 0.6) is 0 Å². The van der Waals surface area contributed by atoms with Crippen molar-refractivity contribution in [1.29, 1.82) is 0 Å². The Morgan fingerprint density at radius 2 is 1.95 bits per heavy atom. The first-order valence-corrected chi connectivity index (χ1v) is 6.74. The van der Waals surface area contributed by atoms with Gasteiger partial charge in [-0.1, -0.05) is 26.8 Å². The molecule has 1 aromatic rings. The number of amides is 2. The zero-order valence-corrected chi connectivity index (χ0v) is 13.4. The lowest BCUT2D eigenvalue weighted by Crippen LogP contribution is -2.36. The molecule has 0 aromatic heterocycles. The number of urea groups is 1. The third-order valence-corrected chi connectivity index (χ3v) is 3.03. The Morgan fingerprint density at radius 3 is 2.40 bits per heavy atom. The predicted octanol–water partition coefficient (Wildman–Crippen LogP) is 2.42. The standard InChI is InChI=1S/C14H22N4OS/c1-14(2,3)11-9(17-12(15)20)7-6-8-10(11)18(5)13(19)16-4/h6-8H,1-5H3,(H,16,19)(H3,15,17,20). The van der Waals surface area contributed by atoms with Gasteiger partial charge in [0.25, 0.3) is 0 Å². The molecule has 0 aliphatic carbocycles. The Hall–Kier alpha value is -1.82. The molecule has 20 heavy (non-hydrogen) atoms. The van der Waals surface area contributed by atoms with Gasteiger partial charge in [-0.2, -0.15) is 0 Å². The maximum Gasteiger partial charge on any atom is 0.321 e. The van der Waals surface area contributed by atoms with Crippen LogP contribution in [0.25, 0.3) is 0 Å². The van der Waals surface area contributed by atoms with Gasteiger partial charge in [0, 0.05) is 25.3 Å². The van der Waals surface area contributed by atoms with Crippen molar-refractivity contribution in [3.8, 4) is 0 Å². The Morgan fingerprint density at radius 1 is 1.35 bits per heavy atom. The molecule has 2 amide bonds. The summed E-state index contributed by atoms with van der Waals surface area (Å²) in [6.45, 7) is 6.23. The lowest BCUT2D eigenvalue weighted by atomic mass is 9.84. The van der Waals surface area contributed by atoms with Gasteiger partial charge in [0.15, 0.2) is 5.11 Å². The van der Waals surface area contributed by atoms with Gasteiger partial charge in [0.05, 0.1) is 5.69 Å². The van der Waals surface area contributed by atoms with Crippen LogP contribution in [0, 0.1) is 0 Å². The van der Waals surface area contributed by atoms with Crippen molar-refractivity contribution in [3.63, 3.8) is 0 Å². The fourth-order valence-corrected chi connectivity index (χ4v) is 2.23. The molecule has 0 unspecified atom stereocenters. The van der Waals surface area contributed by atoms with Crippen LogP contribution in [0.2, 0.25) is 0 Å². The third kappa shape index (κ3) is 3.60. The topological polar surface area (TPSA) is 70.4 Å². The summed E-state index contributed by atoms with van der Waals surface area (Å²) in [6, 6.07) is 5.49. The van der Waals surface area contributed by atoms with Gasteiger partial charge < -0.3 is 16.4 Å². The number of benzene rings is 1. The van der Waals surface area contributed by atoms with Gasteiger partial charge in [0.2, 0.25) is 0 Å². The summed E-state index contributed by atoms with van der Waals surface area (Å²) >= 11 is 4.92. The molecule has 0 fully saturated rings. The summed E-state index contributed by atoms with van der Waals surface area (Å²) in [6.07, 6.45) is 0. The third-order valence-electron chi connectivity index (χ3n) is 2.93. The highest BCUT2D eigenvalue weighted by atomic mass is 32.1. The molecular formula is C14H22N4OS. The van der Waals surface area contributed by atoms with E-state index in [2.05, 4.69) is 31.4 Å². The number of carbonyl (C=O) groups excluding carboxylic acids is 1. The Balaban J connectivity index is 3.44. The van der Waals surface area contributed by atoms with Crippen LogP contribution in [-0.2, 0) is 5.41 Å². The number of anilines is 2. The summed E-state index contributed by atoms with van der Waals surface area (Å²) in [5.41, 5.74) is 8.02. The minimum atomic E-state index is -0.178. The maximum atomic E-state index is 11.9. The van der Waals surface area contributed by atoms with Crippen LogP contribution in [-0.4, -0.2) is 25.2 Å². The summed E-state index contributed by atoms with van der Waals surface area (Å²) in [7, 11) is 3.33. The zero-order valence-electron chi connectivity index (χ0n) is 12.6. The van der Waals surface area contributed by atoms with Gasteiger partial charge in [-0.05, 0) is 29.8 Å². The number of rotatable bonds is 2. The predicted molar refractivity (Wildman–Crippen MR) is 88.4 cm³/mol. The molecule has 5 nitrogen and oxygen atoms in total. The quantitative estimate of drug-likeness (QED) is 0.733. The molecule has 0 atom stereocenters. The van der Waals surface area contributed by atoms with Crippen LogP contribution in [0.1, 0.15) is 26.3 Å². The largest absolute Gasteiger partial charge is 0.376 e. The molecule has 0 spiro atoms. The van der Waals surface area contributed by atoms with E-state index in [4.69, 9.17) is 18.0 Å². The van der Waals surface area contributed by atoms with E-state index < -0.39 is 0 Å². The second-order valence-electron chi connectivity index (χ2n) is 5.55. The SMILES string of the molecule is CNC(=O)N(C)c1cccc(NC(N)=S)c1C(C)(C)C. The van der Waals surface area contributed by atoms with Crippen molar-refractivity contribution < 1.29 is 4.79 Å².